The molecule has 1 saturated heterocycles. The van der Waals surface area contributed by atoms with Crippen molar-refractivity contribution in [2.45, 2.75) is 38.3 Å². The largest absolute Gasteiger partial charge is 0.393 e. The zero-order valence-corrected chi connectivity index (χ0v) is 11.5. The molecule has 1 aliphatic carbocycles. The van der Waals surface area contributed by atoms with E-state index in [0.29, 0.717) is 12.8 Å². The third-order valence-electron chi connectivity index (χ3n) is 4.23. The van der Waals surface area contributed by atoms with Crippen LogP contribution < -0.4 is 0 Å². The molecule has 0 spiro atoms. The number of nitrogens with zero attached hydrogens (tertiary/aromatic N) is 1. The van der Waals surface area contributed by atoms with E-state index in [2.05, 4.69) is 15.9 Å². The summed E-state index contributed by atoms with van der Waals surface area (Å²) in [5, 5.41) is 0.924. The van der Waals surface area contributed by atoms with Crippen LogP contribution in [0.25, 0.3) is 0 Å². The summed E-state index contributed by atoms with van der Waals surface area (Å²) < 4.78 is 38.1. The smallest absolute Gasteiger partial charge is 0.302 e. The quantitative estimate of drug-likeness (QED) is 0.716. The SMILES string of the molecule is FC(F)(F)C1CCCN(CC2(CBr)CCC2)C1. The van der Waals surface area contributed by atoms with Gasteiger partial charge in [0.05, 0.1) is 5.92 Å². The Kier molecular flexibility index (Phi) is 4.08. The van der Waals surface area contributed by atoms with Crippen LogP contribution >= 0.6 is 15.9 Å². The highest BCUT2D eigenvalue weighted by Gasteiger charge is 2.44. The fraction of sp³-hybridized carbons (Fsp3) is 1.00. The highest BCUT2D eigenvalue weighted by atomic mass is 79.9. The van der Waals surface area contributed by atoms with Crippen LogP contribution in [0.1, 0.15) is 32.1 Å². The van der Waals surface area contributed by atoms with E-state index in [0.717, 1.165) is 31.3 Å². The number of hydrogen-bond donors (Lipinski definition) is 0. The van der Waals surface area contributed by atoms with E-state index in [1.807, 2.05) is 4.90 Å². The summed E-state index contributed by atoms with van der Waals surface area (Å²) in [6.45, 7) is 1.88. The summed E-state index contributed by atoms with van der Waals surface area (Å²) in [5.41, 5.74) is 0.257. The van der Waals surface area contributed by atoms with Crippen LogP contribution in [0.5, 0.6) is 0 Å². The first-order valence-corrected chi connectivity index (χ1v) is 7.42. The van der Waals surface area contributed by atoms with Crippen LogP contribution in [0.4, 0.5) is 13.2 Å². The maximum absolute atomic E-state index is 12.7. The molecule has 0 N–H and O–H groups in total. The first kappa shape index (κ1) is 13.7. The summed E-state index contributed by atoms with van der Waals surface area (Å²) >= 11 is 3.52. The van der Waals surface area contributed by atoms with Crippen LogP contribution in [0, 0.1) is 11.3 Å². The fourth-order valence-electron chi connectivity index (χ4n) is 2.95. The molecule has 5 heteroatoms. The summed E-state index contributed by atoms with van der Waals surface area (Å²) in [7, 11) is 0. The van der Waals surface area contributed by atoms with Crippen molar-refractivity contribution in [1.82, 2.24) is 4.90 Å². The topological polar surface area (TPSA) is 3.24 Å². The van der Waals surface area contributed by atoms with Crippen molar-refractivity contribution in [2.24, 2.45) is 11.3 Å². The average molecular weight is 314 g/mol. The Morgan fingerprint density at radius 1 is 1.24 bits per heavy atom. The highest BCUT2D eigenvalue weighted by Crippen LogP contribution is 2.44. The van der Waals surface area contributed by atoms with Crippen molar-refractivity contribution in [3.8, 4) is 0 Å². The van der Waals surface area contributed by atoms with Crippen LogP contribution in [0.15, 0.2) is 0 Å². The Balaban J connectivity index is 1.89. The summed E-state index contributed by atoms with van der Waals surface area (Å²) in [5.74, 6) is -1.11. The third-order valence-corrected chi connectivity index (χ3v) is 5.41. The van der Waals surface area contributed by atoms with Gasteiger partial charge in [0.2, 0.25) is 0 Å². The first-order chi connectivity index (χ1) is 7.95. The molecule has 2 fully saturated rings. The summed E-state index contributed by atoms with van der Waals surface area (Å²) in [6.07, 6.45) is 0.517. The molecule has 2 rings (SSSR count). The van der Waals surface area contributed by atoms with Gasteiger partial charge in [0.15, 0.2) is 0 Å². The molecule has 17 heavy (non-hydrogen) atoms. The van der Waals surface area contributed by atoms with Gasteiger partial charge < -0.3 is 4.90 Å². The molecule has 1 atom stereocenters. The van der Waals surface area contributed by atoms with Crippen molar-refractivity contribution < 1.29 is 13.2 Å². The van der Waals surface area contributed by atoms with Crippen molar-refractivity contribution in [3.05, 3.63) is 0 Å². The van der Waals surface area contributed by atoms with Crippen molar-refractivity contribution in [1.29, 1.82) is 0 Å². The maximum Gasteiger partial charge on any atom is 0.393 e. The van der Waals surface area contributed by atoms with E-state index in [9.17, 15) is 13.2 Å². The predicted octanol–water partition coefficient (Wildman–Crippen LogP) is 3.83. The number of alkyl halides is 4. The minimum absolute atomic E-state index is 0.207. The minimum Gasteiger partial charge on any atom is -0.302 e. The Morgan fingerprint density at radius 2 is 1.94 bits per heavy atom. The number of halogens is 4. The lowest BCUT2D eigenvalue weighted by Crippen LogP contribution is -2.49. The van der Waals surface area contributed by atoms with Gasteiger partial charge in [-0.05, 0) is 37.6 Å². The Bertz CT molecular complexity index is 257. The van der Waals surface area contributed by atoms with Gasteiger partial charge in [-0.15, -0.1) is 0 Å². The van der Waals surface area contributed by atoms with E-state index < -0.39 is 12.1 Å². The van der Waals surface area contributed by atoms with E-state index in [4.69, 9.17) is 0 Å². The minimum atomic E-state index is -4.01. The molecular formula is C12H19BrF3N. The number of likely N-dealkylation sites (tertiary alicyclic amines) is 1. The fourth-order valence-corrected chi connectivity index (χ4v) is 3.69. The van der Waals surface area contributed by atoms with Gasteiger partial charge in [-0.25, -0.2) is 0 Å². The molecule has 0 aromatic carbocycles. The Morgan fingerprint density at radius 3 is 2.41 bits per heavy atom. The second kappa shape index (κ2) is 5.08. The van der Waals surface area contributed by atoms with Gasteiger partial charge >= 0.3 is 6.18 Å². The molecule has 100 valence electrons. The maximum atomic E-state index is 12.7. The molecule has 0 aromatic rings. The number of rotatable bonds is 3. The Labute approximate surface area is 109 Å². The molecular weight excluding hydrogens is 295 g/mol. The molecule has 1 heterocycles. The molecule has 1 nitrogen and oxygen atoms in total. The monoisotopic (exact) mass is 313 g/mol. The van der Waals surface area contributed by atoms with Crippen LogP contribution in [0.3, 0.4) is 0 Å². The zero-order valence-electron chi connectivity index (χ0n) is 9.90. The summed E-state index contributed by atoms with van der Waals surface area (Å²) in [6, 6.07) is 0. The van der Waals surface area contributed by atoms with E-state index in [1.165, 1.54) is 6.42 Å². The molecule has 1 unspecified atom stereocenters. The van der Waals surface area contributed by atoms with Crippen molar-refractivity contribution in [3.63, 3.8) is 0 Å². The van der Waals surface area contributed by atoms with Gasteiger partial charge in [-0.2, -0.15) is 13.2 Å². The second-order valence-corrected chi connectivity index (χ2v) is 6.16. The molecule has 1 aliphatic heterocycles. The van der Waals surface area contributed by atoms with Gasteiger partial charge in [0, 0.05) is 18.4 Å². The van der Waals surface area contributed by atoms with Gasteiger partial charge in [0.25, 0.3) is 0 Å². The normalized spacial score (nSPS) is 30.0. The average Bonchev–Trinajstić information content (AvgIpc) is 2.23. The van der Waals surface area contributed by atoms with Crippen LogP contribution in [0.2, 0.25) is 0 Å². The standard InChI is InChI=1S/C12H19BrF3N/c13-8-11(4-2-5-11)9-17-6-1-3-10(7-17)12(14,15)16/h10H,1-9H2. The van der Waals surface area contributed by atoms with E-state index in [1.54, 1.807) is 0 Å². The van der Waals surface area contributed by atoms with Gasteiger partial charge in [0.1, 0.15) is 0 Å². The summed E-state index contributed by atoms with van der Waals surface area (Å²) in [4.78, 5) is 2.03. The highest BCUT2D eigenvalue weighted by molar-refractivity contribution is 9.09. The lowest BCUT2D eigenvalue weighted by molar-refractivity contribution is -0.188. The third kappa shape index (κ3) is 3.16. The Hall–Kier alpha value is 0.230. The molecule has 2 aliphatic rings. The van der Waals surface area contributed by atoms with Crippen LogP contribution in [-0.2, 0) is 0 Å². The first-order valence-electron chi connectivity index (χ1n) is 6.30. The molecule has 1 saturated carbocycles. The van der Waals surface area contributed by atoms with Gasteiger partial charge in [-0.3, -0.25) is 0 Å². The molecule has 0 amide bonds. The van der Waals surface area contributed by atoms with E-state index >= 15 is 0 Å². The molecule has 0 radical (unpaired) electrons. The van der Waals surface area contributed by atoms with Crippen molar-refractivity contribution in [2.75, 3.05) is 25.0 Å². The number of hydrogen-bond acceptors (Lipinski definition) is 1. The second-order valence-electron chi connectivity index (χ2n) is 5.60. The predicted molar refractivity (Wildman–Crippen MR) is 65.3 cm³/mol. The zero-order chi connectivity index (χ0) is 12.5. The van der Waals surface area contributed by atoms with E-state index in [-0.39, 0.29) is 12.0 Å². The van der Waals surface area contributed by atoms with Crippen LogP contribution in [-0.4, -0.2) is 36.0 Å². The molecule has 0 bridgehead atoms. The lowest BCUT2D eigenvalue weighted by Gasteiger charge is -2.46. The number of piperidine rings is 1. The lowest BCUT2D eigenvalue weighted by atomic mass is 9.70. The molecule has 0 aromatic heterocycles. The van der Waals surface area contributed by atoms with Crippen molar-refractivity contribution >= 4 is 15.9 Å². The van der Waals surface area contributed by atoms with Gasteiger partial charge in [-0.1, -0.05) is 22.4 Å².